The van der Waals surface area contributed by atoms with Crippen LogP contribution in [0.4, 0.5) is 26.3 Å². The van der Waals surface area contributed by atoms with Gasteiger partial charge in [-0.25, -0.2) is 0 Å². The predicted octanol–water partition coefficient (Wildman–Crippen LogP) is 4.18. The van der Waals surface area contributed by atoms with Gasteiger partial charge in [-0.05, 0) is 43.5 Å². The third-order valence-electron chi connectivity index (χ3n) is 3.72. The van der Waals surface area contributed by atoms with Crippen molar-refractivity contribution in [1.82, 2.24) is 5.32 Å². The Morgan fingerprint density at radius 2 is 1.62 bits per heavy atom. The molecular weight excluding hydrogens is 296 g/mol. The van der Waals surface area contributed by atoms with Crippen LogP contribution in [0.25, 0.3) is 0 Å². The van der Waals surface area contributed by atoms with E-state index in [4.69, 9.17) is 0 Å². The molecule has 1 nitrogen and oxygen atoms in total. The molecule has 0 radical (unpaired) electrons. The van der Waals surface area contributed by atoms with E-state index in [0.717, 1.165) is 12.1 Å². The highest BCUT2D eigenvalue weighted by molar-refractivity contribution is 5.25. The van der Waals surface area contributed by atoms with Crippen molar-refractivity contribution >= 4 is 0 Å². The number of nitrogens with one attached hydrogen (secondary N) is 1. The van der Waals surface area contributed by atoms with E-state index in [1.807, 2.05) is 0 Å². The summed E-state index contributed by atoms with van der Waals surface area (Å²) in [6.07, 6.45) is -8.30. The molecule has 1 saturated heterocycles. The molecule has 0 spiro atoms. The van der Waals surface area contributed by atoms with Gasteiger partial charge in [-0.15, -0.1) is 0 Å². The molecule has 1 aromatic rings. The Kier molecular flexibility index (Phi) is 4.51. The van der Waals surface area contributed by atoms with Gasteiger partial charge >= 0.3 is 12.4 Å². The van der Waals surface area contributed by atoms with E-state index in [2.05, 4.69) is 5.32 Å². The maximum Gasteiger partial charge on any atom is 0.416 e. The monoisotopic (exact) mass is 311 g/mol. The molecule has 1 aliphatic rings. The molecule has 7 heteroatoms. The lowest BCUT2D eigenvalue weighted by Gasteiger charge is -2.31. The van der Waals surface area contributed by atoms with Gasteiger partial charge in [0.15, 0.2) is 0 Å². The summed E-state index contributed by atoms with van der Waals surface area (Å²) >= 11 is 0. The first kappa shape index (κ1) is 16.1. The number of rotatable bonds is 2. The molecule has 0 amide bonds. The van der Waals surface area contributed by atoms with Gasteiger partial charge in [0, 0.05) is 6.04 Å². The molecule has 0 aromatic heterocycles. The minimum absolute atomic E-state index is 0.0372. The van der Waals surface area contributed by atoms with Crippen molar-refractivity contribution in [1.29, 1.82) is 0 Å². The fourth-order valence-electron chi connectivity index (χ4n) is 2.57. The van der Waals surface area contributed by atoms with Crippen molar-refractivity contribution in [2.75, 3.05) is 6.54 Å². The van der Waals surface area contributed by atoms with Gasteiger partial charge < -0.3 is 5.32 Å². The van der Waals surface area contributed by atoms with Crippen LogP contribution in [-0.4, -0.2) is 18.8 Å². The van der Waals surface area contributed by atoms with Gasteiger partial charge in [-0.3, -0.25) is 0 Å². The molecule has 0 aliphatic carbocycles. The predicted molar refractivity (Wildman–Crippen MR) is 65.7 cm³/mol. The van der Waals surface area contributed by atoms with Crippen molar-refractivity contribution in [3.8, 4) is 0 Å². The van der Waals surface area contributed by atoms with Crippen LogP contribution in [-0.2, 0) is 12.6 Å². The van der Waals surface area contributed by atoms with Gasteiger partial charge in [0.25, 0.3) is 0 Å². The molecule has 1 aliphatic heterocycles. The third kappa shape index (κ3) is 4.36. The fourth-order valence-corrected chi connectivity index (χ4v) is 2.57. The van der Waals surface area contributed by atoms with Crippen molar-refractivity contribution in [3.63, 3.8) is 0 Å². The van der Waals surface area contributed by atoms with E-state index in [-0.39, 0.29) is 25.4 Å². The molecule has 118 valence electrons. The van der Waals surface area contributed by atoms with Crippen LogP contribution in [0.1, 0.15) is 24.0 Å². The number of hydrogen-bond acceptors (Lipinski definition) is 1. The van der Waals surface area contributed by atoms with Gasteiger partial charge in [-0.2, -0.15) is 26.3 Å². The summed E-state index contributed by atoms with van der Waals surface area (Å²) in [7, 11) is 0. The zero-order chi connectivity index (χ0) is 15.7. The molecular formula is C14H15F6N. The zero-order valence-electron chi connectivity index (χ0n) is 11.1. The lowest BCUT2D eigenvalue weighted by Crippen LogP contribution is -2.43. The maximum absolute atomic E-state index is 12.7. The van der Waals surface area contributed by atoms with Gasteiger partial charge in [0.1, 0.15) is 0 Å². The second-order valence-corrected chi connectivity index (χ2v) is 5.31. The highest BCUT2D eigenvalue weighted by atomic mass is 19.4. The Morgan fingerprint density at radius 1 is 1.00 bits per heavy atom. The highest BCUT2D eigenvalue weighted by Gasteiger charge is 2.42. The first-order chi connectivity index (χ1) is 9.66. The number of hydrogen-bond donors (Lipinski definition) is 1. The summed E-state index contributed by atoms with van der Waals surface area (Å²) in [5, 5.41) is 2.99. The smallest absolute Gasteiger partial charge is 0.314 e. The SMILES string of the molecule is FC(F)(F)c1ccc(CC2CC(C(F)(F)F)CCN2)cc1. The Hall–Kier alpha value is -1.24. The second kappa shape index (κ2) is 5.87. The van der Waals surface area contributed by atoms with Crippen molar-refractivity contribution in [3.05, 3.63) is 35.4 Å². The Balaban J connectivity index is 1.98. The number of halogens is 6. The lowest BCUT2D eigenvalue weighted by molar-refractivity contribution is -0.183. The molecule has 2 unspecified atom stereocenters. The molecule has 1 fully saturated rings. The lowest BCUT2D eigenvalue weighted by atomic mass is 9.88. The van der Waals surface area contributed by atoms with E-state index < -0.39 is 23.8 Å². The second-order valence-electron chi connectivity index (χ2n) is 5.31. The average molecular weight is 311 g/mol. The quantitative estimate of drug-likeness (QED) is 0.808. The van der Waals surface area contributed by atoms with Crippen LogP contribution in [0.5, 0.6) is 0 Å². The molecule has 0 bridgehead atoms. The standard InChI is InChI=1S/C14H15F6N/c15-13(16,17)10-3-1-9(2-4-10)7-12-8-11(5-6-21-12)14(18,19)20/h1-4,11-12,21H,5-8H2. The fraction of sp³-hybridized carbons (Fsp3) is 0.571. The average Bonchev–Trinajstić information content (AvgIpc) is 2.37. The van der Waals surface area contributed by atoms with E-state index in [1.54, 1.807) is 0 Å². The normalized spacial score (nSPS) is 24.1. The van der Waals surface area contributed by atoms with Crippen LogP contribution in [0.2, 0.25) is 0 Å². The highest BCUT2D eigenvalue weighted by Crippen LogP contribution is 2.35. The zero-order valence-corrected chi connectivity index (χ0v) is 11.1. The summed E-state index contributed by atoms with van der Waals surface area (Å²) in [5.41, 5.74) is -0.153. The Morgan fingerprint density at radius 3 is 2.14 bits per heavy atom. The molecule has 0 saturated carbocycles. The van der Waals surface area contributed by atoms with Gasteiger partial charge in [-0.1, -0.05) is 12.1 Å². The Bertz CT molecular complexity index is 462. The third-order valence-corrected chi connectivity index (χ3v) is 3.72. The molecule has 21 heavy (non-hydrogen) atoms. The Labute approximate surface area is 118 Å². The van der Waals surface area contributed by atoms with Crippen LogP contribution in [0.15, 0.2) is 24.3 Å². The van der Waals surface area contributed by atoms with E-state index >= 15 is 0 Å². The van der Waals surface area contributed by atoms with Crippen LogP contribution < -0.4 is 5.32 Å². The number of benzene rings is 1. The molecule has 2 atom stereocenters. The summed E-state index contributed by atoms with van der Waals surface area (Å²) in [4.78, 5) is 0. The first-order valence-electron chi connectivity index (χ1n) is 6.62. The largest absolute Gasteiger partial charge is 0.416 e. The first-order valence-corrected chi connectivity index (χ1v) is 6.62. The van der Waals surface area contributed by atoms with Gasteiger partial charge in [0.2, 0.25) is 0 Å². The van der Waals surface area contributed by atoms with E-state index in [1.165, 1.54) is 12.1 Å². The summed E-state index contributed by atoms with van der Waals surface area (Å²) in [6.45, 7) is 0.273. The minimum atomic E-state index is -4.40. The van der Waals surface area contributed by atoms with Crippen LogP contribution in [0, 0.1) is 5.92 Å². The van der Waals surface area contributed by atoms with Crippen molar-refractivity contribution < 1.29 is 26.3 Å². The van der Waals surface area contributed by atoms with E-state index in [0.29, 0.717) is 12.0 Å². The number of piperidine rings is 1. The molecule has 1 aromatic carbocycles. The molecule has 2 rings (SSSR count). The minimum Gasteiger partial charge on any atom is -0.314 e. The topological polar surface area (TPSA) is 12.0 Å². The summed E-state index contributed by atoms with van der Waals surface area (Å²) in [5.74, 6) is -1.34. The summed E-state index contributed by atoms with van der Waals surface area (Å²) < 4.78 is 75.3. The van der Waals surface area contributed by atoms with Crippen LogP contribution in [0.3, 0.4) is 0 Å². The van der Waals surface area contributed by atoms with Crippen molar-refractivity contribution in [2.45, 2.75) is 37.7 Å². The van der Waals surface area contributed by atoms with Gasteiger partial charge in [0.05, 0.1) is 11.5 Å². The summed E-state index contributed by atoms with van der Waals surface area (Å²) in [6, 6.07) is 4.20. The maximum atomic E-state index is 12.7. The number of alkyl halides is 6. The van der Waals surface area contributed by atoms with Crippen molar-refractivity contribution in [2.24, 2.45) is 5.92 Å². The van der Waals surface area contributed by atoms with E-state index in [9.17, 15) is 26.3 Å². The van der Waals surface area contributed by atoms with Crippen LogP contribution >= 0.6 is 0 Å². The molecule has 1 N–H and O–H groups in total. The molecule has 1 heterocycles.